The van der Waals surface area contributed by atoms with Crippen molar-refractivity contribution < 1.29 is 4.39 Å². The molecule has 0 aliphatic rings. The van der Waals surface area contributed by atoms with E-state index in [4.69, 9.17) is 0 Å². The molecule has 0 spiro atoms. The van der Waals surface area contributed by atoms with Gasteiger partial charge in [0, 0.05) is 25.3 Å². The Morgan fingerprint density at radius 3 is 2.28 bits per heavy atom. The van der Waals surface area contributed by atoms with Gasteiger partial charge in [-0.1, -0.05) is 13.8 Å². The second-order valence-electron chi connectivity index (χ2n) is 5.19. The summed E-state index contributed by atoms with van der Waals surface area (Å²) in [5.74, 6) is -0.178. The Morgan fingerprint density at radius 2 is 1.83 bits per heavy atom. The lowest BCUT2D eigenvalue weighted by molar-refractivity contribution is 0.304. The normalized spacial score (nSPS) is 14.3. The molecule has 102 valence electrons. The molecule has 0 heterocycles. The molecular weight excluding hydrogens is 227 g/mol. The Bertz CT molecular complexity index is 350. The quantitative estimate of drug-likeness (QED) is 0.801. The number of hydrogen-bond acceptors (Lipinski definition) is 2. The molecule has 1 rings (SSSR count). The Kier molecular flexibility index (Phi) is 5.60. The van der Waals surface area contributed by atoms with Crippen molar-refractivity contribution in [2.24, 2.45) is 5.41 Å². The fraction of sp³-hybridized carbons (Fsp3) is 0.600. The van der Waals surface area contributed by atoms with E-state index in [9.17, 15) is 4.39 Å². The summed E-state index contributed by atoms with van der Waals surface area (Å²) in [5, 5.41) is 3.26. The van der Waals surface area contributed by atoms with Gasteiger partial charge in [0.25, 0.3) is 0 Å². The zero-order valence-electron chi connectivity index (χ0n) is 12.0. The van der Waals surface area contributed by atoms with Crippen LogP contribution in [0.4, 0.5) is 10.1 Å². The molecule has 0 bridgehead atoms. The Labute approximate surface area is 110 Å². The number of halogens is 1. The number of hydrogen-bond donors (Lipinski definition) is 1. The summed E-state index contributed by atoms with van der Waals surface area (Å²) in [4.78, 5) is 2.31. The molecule has 3 heteroatoms. The molecule has 1 N–H and O–H groups in total. The maximum absolute atomic E-state index is 13.0. The Hall–Kier alpha value is -1.09. The van der Waals surface area contributed by atoms with Crippen molar-refractivity contribution in [2.75, 3.05) is 31.6 Å². The van der Waals surface area contributed by atoms with Crippen LogP contribution in [0.15, 0.2) is 24.3 Å². The first-order valence-electron chi connectivity index (χ1n) is 6.69. The van der Waals surface area contributed by atoms with Gasteiger partial charge >= 0.3 is 0 Å². The minimum atomic E-state index is -0.178. The summed E-state index contributed by atoms with van der Waals surface area (Å²) < 4.78 is 13.0. The molecule has 0 saturated carbocycles. The summed E-state index contributed by atoms with van der Waals surface area (Å²) in [6.07, 6.45) is 1.12. The van der Waals surface area contributed by atoms with Gasteiger partial charge in [0.15, 0.2) is 0 Å². The fourth-order valence-electron chi connectivity index (χ4n) is 2.22. The number of nitrogens with one attached hydrogen (secondary N) is 1. The van der Waals surface area contributed by atoms with E-state index in [2.05, 4.69) is 31.0 Å². The third kappa shape index (κ3) is 3.98. The molecule has 1 aromatic carbocycles. The molecule has 0 aliphatic carbocycles. The lowest BCUT2D eigenvalue weighted by atomic mass is 9.86. The molecule has 2 nitrogen and oxygen atoms in total. The topological polar surface area (TPSA) is 15.3 Å². The van der Waals surface area contributed by atoms with Gasteiger partial charge in [0.1, 0.15) is 5.82 Å². The monoisotopic (exact) mass is 252 g/mol. The van der Waals surface area contributed by atoms with Crippen molar-refractivity contribution in [3.8, 4) is 0 Å². The van der Waals surface area contributed by atoms with E-state index >= 15 is 0 Å². The number of nitrogens with zero attached hydrogens (tertiary/aromatic N) is 1. The summed E-state index contributed by atoms with van der Waals surface area (Å²) in [7, 11) is 1.99. The second-order valence-corrected chi connectivity index (χ2v) is 5.19. The van der Waals surface area contributed by atoms with Crippen LogP contribution in [0.2, 0.25) is 0 Å². The van der Waals surface area contributed by atoms with Crippen LogP contribution < -0.4 is 10.2 Å². The third-order valence-corrected chi connectivity index (χ3v) is 3.60. The maximum Gasteiger partial charge on any atom is 0.123 e. The number of benzene rings is 1. The molecule has 1 atom stereocenters. The highest BCUT2D eigenvalue weighted by Gasteiger charge is 2.24. The van der Waals surface area contributed by atoms with Crippen LogP contribution in [-0.4, -0.2) is 26.7 Å². The highest BCUT2D eigenvalue weighted by Crippen LogP contribution is 2.25. The zero-order chi connectivity index (χ0) is 13.6. The molecule has 18 heavy (non-hydrogen) atoms. The van der Waals surface area contributed by atoms with Crippen LogP contribution in [0.25, 0.3) is 0 Å². The van der Waals surface area contributed by atoms with Crippen LogP contribution in [0.5, 0.6) is 0 Å². The van der Waals surface area contributed by atoms with E-state index in [1.54, 1.807) is 0 Å². The fourth-order valence-corrected chi connectivity index (χ4v) is 2.22. The van der Waals surface area contributed by atoms with E-state index in [0.29, 0.717) is 0 Å². The van der Waals surface area contributed by atoms with Crippen LogP contribution >= 0.6 is 0 Å². The van der Waals surface area contributed by atoms with Crippen molar-refractivity contribution in [3.63, 3.8) is 0 Å². The molecule has 0 amide bonds. The minimum absolute atomic E-state index is 0.178. The summed E-state index contributed by atoms with van der Waals surface area (Å²) >= 11 is 0. The van der Waals surface area contributed by atoms with E-state index < -0.39 is 0 Å². The van der Waals surface area contributed by atoms with Gasteiger partial charge in [-0.25, -0.2) is 4.39 Å². The average molecular weight is 252 g/mol. The number of rotatable bonds is 7. The smallest absolute Gasteiger partial charge is 0.123 e. The van der Waals surface area contributed by atoms with Crippen LogP contribution in [-0.2, 0) is 0 Å². The maximum atomic E-state index is 13.0. The molecule has 1 aromatic rings. The largest absolute Gasteiger partial charge is 0.371 e. The lowest BCUT2D eigenvalue weighted by Gasteiger charge is -2.35. The van der Waals surface area contributed by atoms with Gasteiger partial charge in [-0.05, 0) is 50.1 Å². The van der Waals surface area contributed by atoms with E-state index in [0.717, 1.165) is 31.7 Å². The first kappa shape index (κ1) is 15.0. The van der Waals surface area contributed by atoms with E-state index in [1.165, 1.54) is 12.1 Å². The molecule has 0 aliphatic heterocycles. The average Bonchev–Trinajstić information content (AvgIpc) is 2.37. The summed E-state index contributed by atoms with van der Waals surface area (Å²) in [6.45, 7) is 9.54. The Morgan fingerprint density at radius 1 is 1.22 bits per heavy atom. The van der Waals surface area contributed by atoms with E-state index in [1.807, 2.05) is 19.2 Å². The molecule has 1 unspecified atom stereocenters. The van der Waals surface area contributed by atoms with Gasteiger partial charge in [-0.3, -0.25) is 0 Å². The van der Waals surface area contributed by atoms with Gasteiger partial charge in [-0.2, -0.15) is 0 Å². The van der Waals surface area contributed by atoms with Crippen molar-refractivity contribution in [1.29, 1.82) is 0 Å². The zero-order valence-corrected chi connectivity index (χ0v) is 12.0. The van der Waals surface area contributed by atoms with Gasteiger partial charge in [0.2, 0.25) is 0 Å². The molecule has 0 saturated heterocycles. The van der Waals surface area contributed by atoms with Crippen LogP contribution in [0, 0.1) is 11.2 Å². The summed E-state index contributed by atoms with van der Waals surface area (Å²) in [6, 6.07) is 6.77. The molecular formula is C15H25FN2. The molecule has 0 fully saturated rings. The number of anilines is 1. The van der Waals surface area contributed by atoms with Crippen LogP contribution in [0.1, 0.15) is 27.2 Å². The van der Waals surface area contributed by atoms with Crippen LogP contribution in [0.3, 0.4) is 0 Å². The Balaban J connectivity index is 2.80. The first-order valence-corrected chi connectivity index (χ1v) is 6.69. The van der Waals surface area contributed by atoms with Gasteiger partial charge in [-0.15, -0.1) is 0 Å². The van der Waals surface area contributed by atoms with Crippen molar-refractivity contribution in [3.05, 3.63) is 30.1 Å². The third-order valence-electron chi connectivity index (χ3n) is 3.60. The second kappa shape index (κ2) is 6.74. The predicted molar refractivity (Wildman–Crippen MR) is 76.6 cm³/mol. The summed E-state index contributed by atoms with van der Waals surface area (Å²) in [5.41, 5.74) is 1.33. The molecule has 0 radical (unpaired) electrons. The van der Waals surface area contributed by atoms with Crippen molar-refractivity contribution in [2.45, 2.75) is 27.2 Å². The first-order chi connectivity index (χ1) is 8.54. The van der Waals surface area contributed by atoms with E-state index in [-0.39, 0.29) is 11.2 Å². The predicted octanol–water partition coefficient (Wildman–Crippen LogP) is 3.29. The highest BCUT2D eigenvalue weighted by molar-refractivity contribution is 5.46. The minimum Gasteiger partial charge on any atom is -0.371 e. The van der Waals surface area contributed by atoms with Crippen molar-refractivity contribution >= 4 is 5.69 Å². The lowest BCUT2D eigenvalue weighted by Crippen LogP contribution is -2.41. The SMILES string of the molecule is CCN(CC(C)(CC)CNC)c1ccc(F)cc1. The van der Waals surface area contributed by atoms with Crippen molar-refractivity contribution in [1.82, 2.24) is 5.32 Å². The highest BCUT2D eigenvalue weighted by atomic mass is 19.1. The van der Waals surface area contributed by atoms with Gasteiger partial charge < -0.3 is 10.2 Å². The van der Waals surface area contributed by atoms with Gasteiger partial charge in [0.05, 0.1) is 0 Å². The standard InChI is InChI=1S/C15H25FN2/c1-5-15(3,11-17-4)12-18(6-2)14-9-7-13(16)8-10-14/h7-10,17H,5-6,11-12H2,1-4H3. The molecule has 0 aromatic heterocycles.